The molecule has 0 aliphatic rings. The summed E-state index contributed by atoms with van der Waals surface area (Å²) in [7, 11) is 0. The summed E-state index contributed by atoms with van der Waals surface area (Å²) in [6.45, 7) is 5.49. The van der Waals surface area contributed by atoms with Crippen LogP contribution >= 0.6 is 22.9 Å². The number of nitrogens with zero attached hydrogens (tertiary/aromatic N) is 3. The maximum Gasteiger partial charge on any atom is 0.204 e. The Morgan fingerprint density at radius 1 is 1.09 bits per heavy atom. The zero-order chi connectivity index (χ0) is 23.5. The minimum atomic E-state index is 0.635. The van der Waals surface area contributed by atoms with Crippen LogP contribution in [0.3, 0.4) is 0 Å². The van der Waals surface area contributed by atoms with Gasteiger partial charge in [-0.25, -0.2) is 4.98 Å². The van der Waals surface area contributed by atoms with E-state index in [-0.39, 0.29) is 0 Å². The molecule has 1 N–H and O–H groups in total. The summed E-state index contributed by atoms with van der Waals surface area (Å²) >= 11 is 7.85. The zero-order valence-corrected chi connectivity index (χ0v) is 20.7. The summed E-state index contributed by atoms with van der Waals surface area (Å²) in [5.41, 5.74) is 8.38. The number of aryl methyl sites for hydroxylation is 3. The summed E-state index contributed by atoms with van der Waals surface area (Å²) in [5.74, 6) is 0.866. The number of hydrazone groups is 1. The van der Waals surface area contributed by atoms with Crippen molar-refractivity contribution < 1.29 is 4.74 Å². The largest absolute Gasteiger partial charge is 0.494 e. The highest BCUT2D eigenvalue weighted by atomic mass is 35.5. The average molecular weight is 489 g/mol. The van der Waals surface area contributed by atoms with Gasteiger partial charge < -0.3 is 9.30 Å². The van der Waals surface area contributed by atoms with E-state index in [9.17, 15) is 0 Å². The minimum Gasteiger partial charge on any atom is -0.494 e. The van der Waals surface area contributed by atoms with Crippen LogP contribution in [0.25, 0.3) is 21.1 Å². The number of rotatable bonds is 8. The molecular weight excluding hydrogens is 464 g/mol. The lowest BCUT2D eigenvalue weighted by atomic mass is 10.1. The second-order valence-electron chi connectivity index (χ2n) is 8.22. The van der Waals surface area contributed by atoms with Crippen molar-refractivity contribution in [2.45, 2.75) is 26.8 Å². The van der Waals surface area contributed by atoms with Crippen LogP contribution in [0.15, 0.2) is 72.0 Å². The van der Waals surface area contributed by atoms with Crippen LogP contribution in [0.5, 0.6) is 5.75 Å². The molecule has 172 valence electrons. The third-order valence-corrected chi connectivity index (χ3v) is 7.24. The van der Waals surface area contributed by atoms with Crippen molar-refractivity contribution >= 4 is 55.4 Å². The number of fused-ring (bicyclic) bond motifs is 2. The molecule has 0 saturated heterocycles. The lowest BCUT2D eigenvalue weighted by Crippen LogP contribution is -2.04. The molecule has 34 heavy (non-hydrogen) atoms. The van der Waals surface area contributed by atoms with Gasteiger partial charge in [0.1, 0.15) is 5.75 Å². The van der Waals surface area contributed by atoms with Crippen LogP contribution < -0.4 is 10.2 Å². The third kappa shape index (κ3) is 4.79. The van der Waals surface area contributed by atoms with E-state index in [2.05, 4.69) is 56.6 Å². The number of benzene rings is 3. The first kappa shape index (κ1) is 22.4. The molecule has 0 aliphatic carbocycles. The molecular formula is C27H25ClN4OS. The van der Waals surface area contributed by atoms with E-state index in [1.165, 1.54) is 10.9 Å². The van der Waals surface area contributed by atoms with Crippen molar-refractivity contribution in [2.75, 3.05) is 12.0 Å². The standard InChI is InChI=1S/C27H25ClN4OS/c1-18-14-21(15-19(2)26(18)28)33-13-7-12-32-17-20(22-8-3-5-10-24(22)32)16-29-31-27-30-23-9-4-6-11-25(23)34-27/h3-6,8-11,14-17H,7,12-13H2,1-2H3,(H,30,31). The molecule has 3 aromatic carbocycles. The number of anilines is 1. The maximum absolute atomic E-state index is 6.26. The Morgan fingerprint density at radius 2 is 1.85 bits per heavy atom. The number of halogens is 1. The number of hydrogen-bond acceptors (Lipinski definition) is 5. The average Bonchev–Trinajstić information content (AvgIpc) is 3.41. The second kappa shape index (κ2) is 9.87. The number of thiazole rings is 1. The molecule has 0 fully saturated rings. The van der Waals surface area contributed by atoms with E-state index in [1.54, 1.807) is 11.3 Å². The molecule has 0 unspecified atom stereocenters. The Kier molecular flexibility index (Phi) is 6.52. The molecule has 0 aliphatic heterocycles. The van der Waals surface area contributed by atoms with Gasteiger partial charge in [0.25, 0.3) is 0 Å². The van der Waals surface area contributed by atoms with Crippen molar-refractivity contribution in [1.82, 2.24) is 9.55 Å². The summed E-state index contributed by atoms with van der Waals surface area (Å²) in [5, 5.41) is 7.21. The first-order valence-electron chi connectivity index (χ1n) is 11.2. The topological polar surface area (TPSA) is 51.4 Å². The molecule has 7 heteroatoms. The number of nitrogens with one attached hydrogen (secondary N) is 1. The van der Waals surface area contributed by atoms with Crippen LogP contribution in [-0.2, 0) is 6.54 Å². The van der Waals surface area contributed by atoms with Crippen LogP contribution in [-0.4, -0.2) is 22.4 Å². The highest BCUT2D eigenvalue weighted by Crippen LogP contribution is 2.27. The molecule has 0 saturated carbocycles. The fourth-order valence-electron chi connectivity index (χ4n) is 4.05. The van der Waals surface area contributed by atoms with Crippen LogP contribution in [0.4, 0.5) is 5.13 Å². The van der Waals surface area contributed by atoms with Crippen LogP contribution in [0.2, 0.25) is 5.02 Å². The quantitative estimate of drug-likeness (QED) is 0.140. The molecule has 5 nitrogen and oxygen atoms in total. The van der Waals surface area contributed by atoms with Gasteiger partial charge >= 0.3 is 0 Å². The van der Waals surface area contributed by atoms with E-state index in [1.807, 2.05) is 50.4 Å². The van der Waals surface area contributed by atoms with Crippen LogP contribution in [0.1, 0.15) is 23.1 Å². The smallest absolute Gasteiger partial charge is 0.204 e. The lowest BCUT2D eigenvalue weighted by molar-refractivity contribution is 0.302. The number of hydrogen-bond donors (Lipinski definition) is 1. The second-order valence-corrected chi connectivity index (χ2v) is 9.63. The van der Waals surface area contributed by atoms with Crippen molar-refractivity contribution in [3.63, 3.8) is 0 Å². The van der Waals surface area contributed by atoms with Gasteiger partial charge in [0.15, 0.2) is 0 Å². The van der Waals surface area contributed by atoms with Gasteiger partial charge in [-0.05, 0) is 61.7 Å². The van der Waals surface area contributed by atoms with Crippen molar-refractivity contribution in [3.8, 4) is 5.75 Å². The molecule has 5 aromatic rings. The van der Waals surface area contributed by atoms with Gasteiger partial charge in [0.05, 0.1) is 23.0 Å². The minimum absolute atomic E-state index is 0.635. The molecule has 0 radical (unpaired) electrons. The Labute approximate surface area is 207 Å². The summed E-state index contributed by atoms with van der Waals surface area (Å²) < 4.78 is 9.39. The normalized spacial score (nSPS) is 11.6. The molecule has 0 amide bonds. The monoisotopic (exact) mass is 488 g/mol. The summed E-state index contributed by atoms with van der Waals surface area (Å²) in [6, 6.07) is 20.5. The van der Waals surface area contributed by atoms with Gasteiger partial charge in [-0.2, -0.15) is 5.10 Å². The highest BCUT2D eigenvalue weighted by Gasteiger charge is 2.08. The molecule has 0 atom stereocenters. The van der Waals surface area contributed by atoms with Gasteiger partial charge in [0.2, 0.25) is 5.13 Å². The van der Waals surface area contributed by atoms with Gasteiger partial charge in [-0.15, -0.1) is 0 Å². The first-order valence-corrected chi connectivity index (χ1v) is 12.4. The number of para-hydroxylation sites is 2. The molecule has 0 bridgehead atoms. The fraction of sp³-hybridized carbons (Fsp3) is 0.185. The fourth-order valence-corrected chi connectivity index (χ4v) is 4.98. The van der Waals surface area contributed by atoms with Gasteiger partial charge in [-0.3, -0.25) is 5.43 Å². The van der Waals surface area contributed by atoms with Crippen molar-refractivity contribution in [3.05, 3.63) is 88.6 Å². The van der Waals surface area contributed by atoms with Crippen molar-refractivity contribution in [2.24, 2.45) is 5.10 Å². The van der Waals surface area contributed by atoms with Gasteiger partial charge in [0, 0.05) is 34.2 Å². The van der Waals surface area contributed by atoms with E-state index in [0.717, 1.165) is 55.8 Å². The third-order valence-electron chi connectivity index (χ3n) is 5.70. The maximum atomic E-state index is 6.26. The van der Waals surface area contributed by atoms with Crippen molar-refractivity contribution in [1.29, 1.82) is 0 Å². The van der Waals surface area contributed by atoms with E-state index >= 15 is 0 Å². The van der Waals surface area contributed by atoms with E-state index in [0.29, 0.717) is 6.61 Å². The lowest BCUT2D eigenvalue weighted by Gasteiger charge is -2.10. The first-order chi connectivity index (χ1) is 16.6. The summed E-state index contributed by atoms with van der Waals surface area (Å²) in [4.78, 5) is 4.57. The van der Waals surface area contributed by atoms with E-state index < -0.39 is 0 Å². The molecule has 5 rings (SSSR count). The Balaban J connectivity index is 1.25. The molecule has 2 aromatic heterocycles. The highest BCUT2D eigenvalue weighted by molar-refractivity contribution is 7.22. The van der Waals surface area contributed by atoms with Gasteiger partial charge in [-0.1, -0.05) is 53.3 Å². The SMILES string of the molecule is Cc1cc(OCCCn2cc(C=NNc3nc4ccccc4s3)c3ccccc32)cc(C)c1Cl. The Bertz CT molecular complexity index is 1430. The summed E-state index contributed by atoms with van der Waals surface area (Å²) in [6.07, 6.45) is 4.89. The van der Waals surface area contributed by atoms with E-state index in [4.69, 9.17) is 16.3 Å². The zero-order valence-electron chi connectivity index (χ0n) is 19.1. The Morgan fingerprint density at radius 3 is 2.68 bits per heavy atom. The predicted octanol–water partition coefficient (Wildman–Crippen LogP) is 7.44. The Hall–Kier alpha value is -3.35. The number of aromatic nitrogens is 2. The number of ether oxygens (including phenoxy) is 1. The molecule has 0 spiro atoms. The van der Waals surface area contributed by atoms with Crippen LogP contribution in [0, 0.1) is 13.8 Å². The molecule has 2 heterocycles. The predicted molar refractivity (Wildman–Crippen MR) is 144 cm³/mol.